The number of hydrogen-bond acceptors (Lipinski definition) is 3. The summed E-state index contributed by atoms with van der Waals surface area (Å²) < 4.78 is 13.1. The van der Waals surface area contributed by atoms with Crippen LogP contribution in [0.25, 0.3) is 0 Å². The predicted octanol–water partition coefficient (Wildman–Crippen LogP) is 3.10. The molecule has 0 bridgehead atoms. The fourth-order valence-electron chi connectivity index (χ4n) is 1.37. The largest absolute Gasteiger partial charge is 0.352 e. The minimum Gasteiger partial charge on any atom is -0.352 e. The van der Waals surface area contributed by atoms with Crippen LogP contribution in [0.2, 0.25) is 0 Å². The lowest BCUT2D eigenvalue weighted by molar-refractivity contribution is -0.117. The molecule has 19 heavy (non-hydrogen) atoms. The summed E-state index contributed by atoms with van der Waals surface area (Å²) in [5.41, 5.74) is 0.219. The number of halogens is 1. The Hall–Kier alpha value is -1.75. The van der Waals surface area contributed by atoms with Gasteiger partial charge in [-0.25, -0.2) is 9.37 Å². The number of aryl methyl sites for hydroxylation is 1. The molecule has 0 spiro atoms. The third kappa shape index (κ3) is 5.18. The third-order valence-corrected chi connectivity index (χ3v) is 3.35. The summed E-state index contributed by atoms with van der Waals surface area (Å²) in [6, 6.07) is 0. The van der Waals surface area contributed by atoms with Gasteiger partial charge in [0, 0.05) is 29.6 Å². The Morgan fingerprint density at radius 2 is 2.37 bits per heavy atom. The molecular formula is C14H17FN2OS. The Balaban J connectivity index is 2.50. The van der Waals surface area contributed by atoms with E-state index >= 15 is 0 Å². The number of nitrogens with one attached hydrogen (secondary N) is 1. The summed E-state index contributed by atoms with van der Waals surface area (Å²) in [7, 11) is 0. The Morgan fingerprint density at radius 3 is 2.89 bits per heavy atom. The van der Waals surface area contributed by atoms with Gasteiger partial charge in [0.05, 0.1) is 5.01 Å². The molecule has 0 aromatic carbocycles. The Labute approximate surface area is 116 Å². The van der Waals surface area contributed by atoms with Crippen LogP contribution in [-0.2, 0) is 11.2 Å². The van der Waals surface area contributed by atoms with Crippen LogP contribution in [0.1, 0.15) is 16.8 Å². The standard InChI is InChI=1S/C14H17FN2OS/c1-4-11(8-12(15)5-2)14(18)16-7-6-13-9-17-10(3)19-13/h4-5,8-9H,1,6-7H2,2-3H3,(H,16,18)/b11-8+,12-5+. The van der Waals surface area contributed by atoms with Crippen LogP contribution >= 0.6 is 11.3 Å². The molecule has 0 saturated heterocycles. The molecule has 1 aromatic heterocycles. The Bertz CT molecular complexity index is 517. The zero-order chi connectivity index (χ0) is 14.3. The van der Waals surface area contributed by atoms with Crippen molar-refractivity contribution in [3.05, 3.63) is 52.3 Å². The molecule has 1 aromatic rings. The van der Waals surface area contributed by atoms with Crippen LogP contribution in [0.5, 0.6) is 0 Å². The second kappa shape index (κ2) is 7.63. The normalized spacial score (nSPS) is 12.4. The first kappa shape index (κ1) is 15.3. The van der Waals surface area contributed by atoms with Gasteiger partial charge in [-0.2, -0.15) is 0 Å². The summed E-state index contributed by atoms with van der Waals surface area (Å²) >= 11 is 1.60. The first-order valence-corrected chi connectivity index (χ1v) is 6.74. The maximum absolute atomic E-state index is 13.1. The average molecular weight is 280 g/mol. The lowest BCUT2D eigenvalue weighted by Crippen LogP contribution is -2.26. The van der Waals surface area contributed by atoms with Crippen molar-refractivity contribution in [3.63, 3.8) is 0 Å². The zero-order valence-electron chi connectivity index (χ0n) is 11.1. The van der Waals surface area contributed by atoms with Crippen molar-refractivity contribution in [2.75, 3.05) is 6.54 Å². The van der Waals surface area contributed by atoms with Gasteiger partial charge in [-0.15, -0.1) is 11.3 Å². The van der Waals surface area contributed by atoms with Crippen molar-refractivity contribution in [3.8, 4) is 0 Å². The van der Waals surface area contributed by atoms with Crippen LogP contribution < -0.4 is 5.32 Å². The van der Waals surface area contributed by atoms with Gasteiger partial charge in [0.2, 0.25) is 0 Å². The van der Waals surface area contributed by atoms with E-state index in [2.05, 4.69) is 16.9 Å². The molecule has 0 atom stereocenters. The molecule has 0 radical (unpaired) electrons. The van der Waals surface area contributed by atoms with E-state index < -0.39 is 5.83 Å². The van der Waals surface area contributed by atoms with E-state index in [1.807, 2.05) is 6.92 Å². The van der Waals surface area contributed by atoms with E-state index in [-0.39, 0.29) is 11.5 Å². The van der Waals surface area contributed by atoms with Gasteiger partial charge in [-0.05, 0) is 19.9 Å². The molecule has 3 nitrogen and oxygen atoms in total. The molecule has 102 valence electrons. The van der Waals surface area contributed by atoms with E-state index in [9.17, 15) is 9.18 Å². The maximum Gasteiger partial charge on any atom is 0.251 e. The lowest BCUT2D eigenvalue weighted by Gasteiger charge is -2.04. The van der Waals surface area contributed by atoms with Crippen LogP contribution in [0.15, 0.2) is 42.4 Å². The summed E-state index contributed by atoms with van der Waals surface area (Å²) in [5.74, 6) is -0.781. The van der Waals surface area contributed by atoms with E-state index in [0.717, 1.165) is 9.88 Å². The van der Waals surface area contributed by atoms with Crippen molar-refractivity contribution in [2.24, 2.45) is 0 Å². The SMILES string of the molecule is C=C/C(=C\C(F)=C/C)C(=O)NCCc1cnc(C)s1. The van der Waals surface area contributed by atoms with Crippen LogP contribution in [-0.4, -0.2) is 17.4 Å². The number of aromatic nitrogens is 1. The molecule has 1 heterocycles. The molecule has 1 N–H and O–H groups in total. The van der Waals surface area contributed by atoms with Gasteiger partial charge < -0.3 is 5.32 Å². The van der Waals surface area contributed by atoms with E-state index in [1.54, 1.807) is 24.5 Å². The molecule has 0 aliphatic heterocycles. The number of nitrogens with zero attached hydrogens (tertiary/aromatic N) is 1. The number of carbonyl (C=O) groups excluding carboxylic acids is 1. The van der Waals surface area contributed by atoms with E-state index in [0.29, 0.717) is 13.0 Å². The van der Waals surface area contributed by atoms with Crippen LogP contribution in [0.4, 0.5) is 4.39 Å². The lowest BCUT2D eigenvalue weighted by atomic mass is 10.2. The highest BCUT2D eigenvalue weighted by molar-refractivity contribution is 7.11. The summed E-state index contributed by atoms with van der Waals surface area (Å²) in [5, 5.41) is 3.73. The van der Waals surface area contributed by atoms with Crippen molar-refractivity contribution in [1.82, 2.24) is 10.3 Å². The van der Waals surface area contributed by atoms with E-state index in [1.165, 1.54) is 18.2 Å². The first-order chi connectivity index (χ1) is 9.06. The molecule has 1 rings (SSSR count). The number of hydrogen-bond donors (Lipinski definition) is 1. The first-order valence-electron chi connectivity index (χ1n) is 5.92. The van der Waals surface area contributed by atoms with Gasteiger partial charge in [0.25, 0.3) is 5.91 Å². The Kier molecular flexibility index (Phi) is 6.15. The van der Waals surface area contributed by atoms with E-state index in [4.69, 9.17) is 0 Å². The molecule has 5 heteroatoms. The highest BCUT2D eigenvalue weighted by Crippen LogP contribution is 2.11. The van der Waals surface area contributed by atoms with Crippen molar-refractivity contribution in [2.45, 2.75) is 20.3 Å². The summed E-state index contributed by atoms with van der Waals surface area (Å²) in [6.45, 7) is 7.50. The molecule has 1 amide bonds. The fraction of sp³-hybridized carbons (Fsp3) is 0.286. The fourth-order valence-corrected chi connectivity index (χ4v) is 2.17. The smallest absolute Gasteiger partial charge is 0.251 e. The highest BCUT2D eigenvalue weighted by Gasteiger charge is 2.06. The number of rotatable bonds is 6. The topological polar surface area (TPSA) is 42.0 Å². The third-order valence-electron chi connectivity index (χ3n) is 2.38. The molecule has 0 fully saturated rings. The second-order valence-electron chi connectivity index (χ2n) is 3.83. The molecular weight excluding hydrogens is 263 g/mol. The molecule has 0 aliphatic carbocycles. The Morgan fingerprint density at radius 1 is 1.63 bits per heavy atom. The molecule has 0 unspecified atom stereocenters. The quantitative estimate of drug-likeness (QED) is 0.642. The number of amides is 1. The second-order valence-corrected chi connectivity index (χ2v) is 5.15. The van der Waals surface area contributed by atoms with Crippen LogP contribution in [0.3, 0.4) is 0 Å². The molecule has 0 aliphatic rings. The monoisotopic (exact) mass is 280 g/mol. The average Bonchev–Trinajstić information content (AvgIpc) is 2.81. The van der Waals surface area contributed by atoms with Gasteiger partial charge in [-0.1, -0.05) is 18.7 Å². The van der Waals surface area contributed by atoms with Gasteiger partial charge in [-0.3, -0.25) is 4.79 Å². The minimum absolute atomic E-state index is 0.219. The van der Waals surface area contributed by atoms with Crippen molar-refractivity contribution < 1.29 is 9.18 Å². The van der Waals surface area contributed by atoms with Crippen LogP contribution in [0, 0.1) is 6.92 Å². The zero-order valence-corrected chi connectivity index (χ0v) is 11.9. The van der Waals surface area contributed by atoms with Crippen molar-refractivity contribution >= 4 is 17.2 Å². The van der Waals surface area contributed by atoms with Crippen molar-refractivity contribution in [1.29, 1.82) is 0 Å². The summed E-state index contributed by atoms with van der Waals surface area (Å²) in [4.78, 5) is 17.0. The van der Waals surface area contributed by atoms with Gasteiger partial charge >= 0.3 is 0 Å². The number of thiazole rings is 1. The molecule has 0 saturated carbocycles. The number of carbonyl (C=O) groups is 1. The highest BCUT2D eigenvalue weighted by atomic mass is 32.1. The summed E-state index contributed by atoms with van der Waals surface area (Å²) in [6.07, 6.45) is 6.31. The van der Waals surface area contributed by atoms with Gasteiger partial charge in [0.15, 0.2) is 0 Å². The predicted molar refractivity (Wildman–Crippen MR) is 76.7 cm³/mol. The van der Waals surface area contributed by atoms with Gasteiger partial charge in [0.1, 0.15) is 5.83 Å². The number of allylic oxidation sites excluding steroid dienone is 3. The minimum atomic E-state index is -0.455. The maximum atomic E-state index is 13.1.